The highest BCUT2D eigenvalue weighted by molar-refractivity contribution is 9.10. The summed E-state index contributed by atoms with van der Waals surface area (Å²) in [4.78, 5) is 20.8. The minimum atomic E-state index is 0.174. The van der Waals surface area contributed by atoms with Crippen LogP contribution in [0.5, 0.6) is 0 Å². The highest BCUT2D eigenvalue weighted by Crippen LogP contribution is 2.23. The third kappa shape index (κ3) is 2.59. The summed E-state index contributed by atoms with van der Waals surface area (Å²) in [5.74, 6) is 0.864. The molecule has 0 amide bonds. The molecule has 1 aromatic heterocycles. The van der Waals surface area contributed by atoms with E-state index in [4.69, 9.17) is 0 Å². The molecule has 1 aromatic carbocycles. The Kier molecular flexibility index (Phi) is 3.42. The second-order valence-electron chi connectivity index (χ2n) is 4.69. The fourth-order valence-electron chi connectivity index (χ4n) is 2.32. The normalized spacial score (nSPS) is 14.9. The number of halogens is 1. The van der Waals surface area contributed by atoms with E-state index in [2.05, 4.69) is 25.9 Å². The molecule has 0 aliphatic heterocycles. The van der Waals surface area contributed by atoms with Crippen LogP contribution in [0.2, 0.25) is 0 Å². The van der Waals surface area contributed by atoms with Gasteiger partial charge in [-0.1, -0.05) is 28.1 Å². The van der Waals surface area contributed by atoms with Gasteiger partial charge in [-0.25, -0.2) is 9.97 Å². The maximum atomic E-state index is 11.9. The summed E-state index contributed by atoms with van der Waals surface area (Å²) in [6.45, 7) is 0. The number of carbonyl (C=O) groups excluding carboxylic acids is 1. The molecular weight excluding hydrogens is 304 g/mol. The number of Topliss-reactive ketones (excluding diaryl/α,β-unsaturated/α-hetero) is 1. The standard InChI is InChI=1S/C15H13BrN2O/c16-11-5-3-4-10(8-11)15-17-9-12-13(18-15)6-1-2-7-14(12)19/h3-5,8-9H,1-2,6-7H2. The Hall–Kier alpha value is -1.55. The van der Waals surface area contributed by atoms with Crippen molar-refractivity contribution in [1.82, 2.24) is 9.97 Å². The van der Waals surface area contributed by atoms with Gasteiger partial charge in [0.05, 0.1) is 11.3 Å². The van der Waals surface area contributed by atoms with Crippen molar-refractivity contribution in [2.45, 2.75) is 25.7 Å². The Morgan fingerprint density at radius 3 is 2.84 bits per heavy atom. The van der Waals surface area contributed by atoms with E-state index in [0.717, 1.165) is 35.0 Å². The number of aryl methyl sites for hydroxylation is 1. The van der Waals surface area contributed by atoms with E-state index < -0.39 is 0 Å². The minimum absolute atomic E-state index is 0.174. The van der Waals surface area contributed by atoms with Crippen LogP contribution in [0.1, 0.15) is 35.3 Å². The maximum absolute atomic E-state index is 11.9. The highest BCUT2D eigenvalue weighted by atomic mass is 79.9. The van der Waals surface area contributed by atoms with Gasteiger partial charge in [-0.3, -0.25) is 4.79 Å². The number of ketones is 1. The second-order valence-corrected chi connectivity index (χ2v) is 5.61. The summed E-state index contributed by atoms with van der Waals surface area (Å²) < 4.78 is 1.000. The van der Waals surface area contributed by atoms with Crippen molar-refractivity contribution in [2.24, 2.45) is 0 Å². The van der Waals surface area contributed by atoms with Crippen LogP contribution >= 0.6 is 15.9 Å². The average molecular weight is 317 g/mol. The van der Waals surface area contributed by atoms with Crippen LogP contribution in [-0.2, 0) is 6.42 Å². The molecule has 1 aliphatic rings. The molecule has 0 saturated carbocycles. The molecule has 0 spiro atoms. The van der Waals surface area contributed by atoms with Gasteiger partial charge in [-0.15, -0.1) is 0 Å². The van der Waals surface area contributed by atoms with Gasteiger partial charge in [0.15, 0.2) is 11.6 Å². The van der Waals surface area contributed by atoms with Crippen molar-refractivity contribution < 1.29 is 4.79 Å². The zero-order chi connectivity index (χ0) is 13.2. The summed E-state index contributed by atoms with van der Waals surface area (Å²) in [7, 11) is 0. The number of aromatic nitrogens is 2. The van der Waals surface area contributed by atoms with Gasteiger partial charge >= 0.3 is 0 Å². The van der Waals surface area contributed by atoms with Gasteiger partial charge < -0.3 is 0 Å². The quantitative estimate of drug-likeness (QED) is 0.751. The van der Waals surface area contributed by atoms with Crippen LogP contribution in [0.3, 0.4) is 0 Å². The van der Waals surface area contributed by atoms with E-state index in [9.17, 15) is 4.79 Å². The molecule has 0 unspecified atom stereocenters. The molecule has 1 heterocycles. The van der Waals surface area contributed by atoms with Crippen LogP contribution in [0.4, 0.5) is 0 Å². The molecule has 0 atom stereocenters. The number of hydrogen-bond donors (Lipinski definition) is 0. The smallest absolute Gasteiger partial charge is 0.166 e. The van der Waals surface area contributed by atoms with Gasteiger partial charge in [0, 0.05) is 22.7 Å². The molecule has 19 heavy (non-hydrogen) atoms. The first-order valence-electron chi connectivity index (χ1n) is 6.39. The predicted octanol–water partition coefficient (Wildman–Crippen LogP) is 3.82. The van der Waals surface area contributed by atoms with E-state index in [1.54, 1.807) is 6.20 Å². The molecule has 0 radical (unpaired) electrons. The van der Waals surface area contributed by atoms with Crippen molar-refractivity contribution >= 4 is 21.7 Å². The van der Waals surface area contributed by atoms with Crippen LogP contribution in [-0.4, -0.2) is 15.8 Å². The lowest BCUT2D eigenvalue weighted by Crippen LogP contribution is -2.05. The first-order chi connectivity index (χ1) is 9.24. The Bertz CT molecular complexity index is 640. The molecule has 1 aliphatic carbocycles. The molecule has 0 N–H and O–H groups in total. The zero-order valence-corrected chi connectivity index (χ0v) is 12.0. The fraction of sp³-hybridized carbons (Fsp3) is 0.267. The van der Waals surface area contributed by atoms with Crippen molar-refractivity contribution in [2.75, 3.05) is 0 Å². The Labute approximate surface area is 120 Å². The SMILES string of the molecule is O=C1CCCCc2nc(-c3cccc(Br)c3)ncc21. The topological polar surface area (TPSA) is 42.9 Å². The summed E-state index contributed by atoms with van der Waals surface area (Å²) in [5, 5.41) is 0. The second kappa shape index (κ2) is 5.21. The van der Waals surface area contributed by atoms with Crippen molar-refractivity contribution in [3.8, 4) is 11.4 Å². The highest BCUT2D eigenvalue weighted by Gasteiger charge is 2.18. The van der Waals surface area contributed by atoms with Crippen molar-refractivity contribution in [3.05, 3.63) is 46.2 Å². The summed E-state index contributed by atoms with van der Waals surface area (Å²) >= 11 is 3.45. The fourth-order valence-corrected chi connectivity index (χ4v) is 2.72. The van der Waals surface area contributed by atoms with E-state index in [0.29, 0.717) is 17.8 Å². The van der Waals surface area contributed by atoms with Gasteiger partial charge in [0.1, 0.15) is 0 Å². The lowest BCUT2D eigenvalue weighted by molar-refractivity contribution is 0.0981. The Morgan fingerprint density at radius 1 is 1.16 bits per heavy atom. The van der Waals surface area contributed by atoms with Crippen LogP contribution in [0.15, 0.2) is 34.9 Å². The van der Waals surface area contributed by atoms with E-state index in [-0.39, 0.29) is 5.78 Å². The van der Waals surface area contributed by atoms with E-state index in [1.807, 2.05) is 24.3 Å². The molecular formula is C15H13BrN2O. The summed E-state index contributed by atoms with van der Waals surface area (Å²) in [6, 6.07) is 7.89. The Morgan fingerprint density at radius 2 is 2.00 bits per heavy atom. The molecule has 2 aromatic rings. The molecule has 0 bridgehead atoms. The molecule has 0 fully saturated rings. The molecule has 4 heteroatoms. The molecule has 96 valence electrons. The van der Waals surface area contributed by atoms with Gasteiger partial charge in [-0.05, 0) is 31.4 Å². The predicted molar refractivity (Wildman–Crippen MR) is 77.1 cm³/mol. The number of carbonyl (C=O) groups is 1. The number of hydrogen-bond acceptors (Lipinski definition) is 3. The average Bonchev–Trinajstić information content (AvgIpc) is 2.60. The van der Waals surface area contributed by atoms with Crippen molar-refractivity contribution in [1.29, 1.82) is 0 Å². The number of rotatable bonds is 1. The lowest BCUT2D eigenvalue weighted by atomic mass is 10.1. The minimum Gasteiger partial charge on any atom is -0.294 e. The monoisotopic (exact) mass is 316 g/mol. The number of nitrogens with zero attached hydrogens (tertiary/aromatic N) is 2. The maximum Gasteiger partial charge on any atom is 0.166 e. The van der Waals surface area contributed by atoms with E-state index >= 15 is 0 Å². The molecule has 3 nitrogen and oxygen atoms in total. The lowest BCUT2D eigenvalue weighted by Gasteiger charge is -2.06. The first kappa shape index (κ1) is 12.5. The number of benzene rings is 1. The number of fused-ring (bicyclic) bond motifs is 1. The van der Waals surface area contributed by atoms with Gasteiger partial charge in [0.2, 0.25) is 0 Å². The third-order valence-electron chi connectivity index (χ3n) is 3.32. The molecule has 0 saturated heterocycles. The zero-order valence-electron chi connectivity index (χ0n) is 10.4. The molecule has 3 rings (SSSR count). The van der Waals surface area contributed by atoms with Crippen molar-refractivity contribution in [3.63, 3.8) is 0 Å². The van der Waals surface area contributed by atoms with Crippen LogP contribution < -0.4 is 0 Å². The van der Waals surface area contributed by atoms with Crippen LogP contribution in [0, 0.1) is 0 Å². The van der Waals surface area contributed by atoms with Gasteiger partial charge in [-0.2, -0.15) is 0 Å². The summed E-state index contributed by atoms with van der Waals surface area (Å²) in [6.07, 6.45) is 5.14. The summed E-state index contributed by atoms with van der Waals surface area (Å²) in [5.41, 5.74) is 2.57. The van der Waals surface area contributed by atoms with E-state index in [1.165, 1.54) is 0 Å². The Balaban J connectivity index is 2.06. The van der Waals surface area contributed by atoms with Gasteiger partial charge in [0.25, 0.3) is 0 Å². The van der Waals surface area contributed by atoms with Crippen LogP contribution in [0.25, 0.3) is 11.4 Å². The largest absolute Gasteiger partial charge is 0.294 e. The third-order valence-corrected chi connectivity index (χ3v) is 3.81. The first-order valence-corrected chi connectivity index (χ1v) is 7.18.